The summed E-state index contributed by atoms with van der Waals surface area (Å²) in [5.41, 5.74) is -0.766. The summed E-state index contributed by atoms with van der Waals surface area (Å²) in [6.07, 6.45) is 4.09. The number of allylic oxidation sites excluding steroid dienone is 2. The highest BCUT2D eigenvalue weighted by Crippen LogP contribution is 2.33. The van der Waals surface area contributed by atoms with Crippen molar-refractivity contribution in [1.29, 1.82) is 5.26 Å². The fourth-order valence-corrected chi connectivity index (χ4v) is 3.07. The van der Waals surface area contributed by atoms with Gasteiger partial charge in [-0.2, -0.15) is 18.4 Å². The molecule has 0 unspecified atom stereocenters. The number of benzene rings is 1. The predicted octanol–water partition coefficient (Wildman–Crippen LogP) is 5.28. The van der Waals surface area contributed by atoms with Crippen LogP contribution in [0, 0.1) is 23.2 Å². The molecule has 25 heavy (non-hydrogen) atoms. The highest BCUT2D eigenvalue weighted by molar-refractivity contribution is 5.75. The molecule has 0 bridgehead atoms. The molecule has 1 aliphatic carbocycles. The van der Waals surface area contributed by atoms with Gasteiger partial charge in [-0.25, -0.2) is 0 Å². The largest absolute Gasteiger partial charge is 0.426 e. The molecule has 1 aliphatic rings. The van der Waals surface area contributed by atoms with Gasteiger partial charge in [-0.3, -0.25) is 4.79 Å². The van der Waals surface area contributed by atoms with Gasteiger partial charge in [-0.05, 0) is 68.7 Å². The number of nitrogens with zero attached hydrogens (tertiary/aromatic N) is 1. The Morgan fingerprint density at radius 3 is 2.40 bits per heavy atom. The first kappa shape index (κ1) is 19.0. The molecule has 3 nitrogen and oxygen atoms in total. The first-order valence-electron chi connectivity index (χ1n) is 8.33. The fraction of sp³-hybridized carbons (Fsp3) is 0.474. The molecule has 1 aromatic carbocycles. The van der Waals surface area contributed by atoms with E-state index in [4.69, 9.17) is 10.00 Å². The molecule has 0 saturated heterocycles. The molecule has 0 aliphatic heterocycles. The lowest BCUT2D eigenvalue weighted by Crippen LogP contribution is -2.25. The quantitative estimate of drug-likeness (QED) is 0.412. The molecule has 0 atom stereocenters. The van der Waals surface area contributed by atoms with E-state index >= 15 is 0 Å². The Kier molecular flexibility index (Phi) is 6.63. The third-order valence-corrected chi connectivity index (χ3v) is 4.51. The van der Waals surface area contributed by atoms with Crippen molar-refractivity contribution in [3.05, 3.63) is 42.0 Å². The minimum Gasteiger partial charge on any atom is -0.426 e. The molecule has 1 fully saturated rings. The maximum Gasteiger partial charge on any atom is 0.416 e. The fourth-order valence-electron chi connectivity index (χ4n) is 3.07. The minimum absolute atomic E-state index is 0.141. The monoisotopic (exact) mass is 351 g/mol. The van der Waals surface area contributed by atoms with Gasteiger partial charge in [0.05, 0.1) is 17.6 Å². The highest BCUT2D eigenvalue weighted by atomic mass is 19.4. The summed E-state index contributed by atoms with van der Waals surface area (Å²) in [5, 5.41) is 8.43. The number of ether oxygens (including phenoxy) is 1. The van der Waals surface area contributed by atoms with Crippen molar-refractivity contribution in [3.63, 3.8) is 0 Å². The average molecular weight is 351 g/mol. The second kappa shape index (κ2) is 8.70. The molecule has 0 heterocycles. The summed E-state index contributed by atoms with van der Waals surface area (Å²) in [4.78, 5) is 12.2. The third kappa shape index (κ3) is 5.93. The van der Waals surface area contributed by atoms with E-state index in [0.29, 0.717) is 5.92 Å². The van der Waals surface area contributed by atoms with Crippen molar-refractivity contribution in [2.45, 2.75) is 44.7 Å². The first-order valence-corrected chi connectivity index (χ1v) is 8.33. The molecule has 0 aromatic heterocycles. The zero-order valence-corrected chi connectivity index (χ0v) is 13.8. The Balaban J connectivity index is 1.79. The average Bonchev–Trinajstić information content (AvgIpc) is 2.59. The molecule has 0 N–H and O–H groups in total. The number of carbonyl (C=O) groups excluding carboxylic acids is 1. The van der Waals surface area contributed by atoms with E-state index in [-0.39, 0.29) is 17.6 Å². The van der Waals surface area contributed by atoms with Crippen molar-refractivity contribution < 1.29 is 22.7 Å². The van der Waals surface area contributed by atoms with E-state index in [1.807, 2.05) is 12.1 Å². The van der Waals surface area contributed by atoms with Crippen LogP contribution < -0.4 is 4.74 Å². The maximum absolute atomic E-state index is 12.5. The number of halogens is 3. The number of rotatable bonds is 5. The van der Waals surface area contributed by atoms with E-state index in [1.165, 1.54) is 18.2 Å². The molecule has 2 rings (SSSR count). The zero-order chi connectivity index (χ0) is 18.3. The van der Waals surface area contributed by atoms with Crippen LogP contribution in [0.1, 0.15) is 44.1 Å². The summed E-state index contributed by atoms with van der Waals surface area (Å²) < 4.78 is 42.8. The Hall–Kier alpha value is -2.29. The van der Waals surface area contributed by atoms with Gasteiger partial charge in [0.25, 0.3) is 0 Å². The summed E-state index contributed by atoms with van der Waals surface area (Å²) in [6, 6.07) is 6.13. The second-order valence-electron chi connectivity index (χ2n) is 6.27. The molecule has 0 radical (unpaired) electrons. The lowest BCUT2D eigenvalue weighted by atomic mass is 9.80. The lowest BCUT2D eigenvalue weighted by molar-refractivity contribution is -0.140. The molecular weight excluding hydrogens is 331 g/mol. The van der Waals surface area contributed by atoms with Crippen molar-refractivity contribution in [3.8, 4) is 11.8 Å². The number of hydrogen-bond donors (Lipinski definition) is 0. The van der Waals surface area contributed by atoms with Crippen LogP contribution in [-0.4, -0.2) is 5.97 Å². The Labute approximate surface area is 145 Å². The molecular formula is C19H20F3NO2. The number of hydrogen-bond acceptors (Lipinski definition) is 3. The van der Waals surface area contributed by atoms with Gasteiger partial charge in [0.1, 0.15) is 5.75 Å². The van der Waals surface area contributed by atoms with Gasteiger partial charge in [0.15, 0.2) is 0 Å². The number of esters is 1. The van der Waals surface area contributed by atoms with Crippen LogP contribution in [0.3, 0.4) is 0 Å². The summed E-state index contributed by atoms with van der Waals surface area (Å²) in [7, 11) is 0. The molecule has 0 spiro atoms. The van der Waals surface area contributed by atoms with Crippen LogP contribution in [0.15, 0.2) is 36.4 Å². The minimum atomic E-state index is -4.40. The molecule has 134 valence electrons. The highest BCUT2D eigenvalue weighted by Gasteiger charge is 2.31. The third-order valence-electron chi connectivity index (χ3n) is 4.51. The summed E-state index contributed by atoms with van der Waals surface area (Å²) in [6.45, 7) is 0. The van der Waals surface area contributed by atoms with Gasteiger partial charge in [0, 0.05) is 6.08 Å². The Bertz CT molecular complexity index is 636. The van der Waals surface area contributed by atoms with E-state index in [0.717, 1.165) is 50.7 Å². The van der Waals surface area contributed by atoms with Crippen LogP contribution in [0.5, 0.6) is 5.75 Å². The SMILES string of the molecule is N#CC=CCC[C@H]1CC[C@H](C(=O)Oc2ccc(C(F)(F)F)cc2)CC1. The number of alkyl halides is 3. The van der Waals surface area contributed by atoms with E-state index in [1.54, 1.807) is 0 Å². The van der Waals surface area contributed by atoms with Crippen molar-refractivity contribution >= 4 is 5.97 Å². The zero-order valence-electron chi connectivity index (χ0n) is 13.8. The molecule has 1 saturated carbocycles. The van der Waals surface area contributed by atoms with Crippen molar-refractivity contribution in [2.24, 2.45) is 11.8 Å². The van der Waals surface area contributed by atoms with Gasteiger partial charge < -0.3 is 4.74 Å². The molecule has 1 aromatic rings. The van der Waals surface area contributed by atoms with Crippen LogP contribution in [0.25, 0.3) is 0 Å². The van der Waals surface area contributed by atoms with Crippen LogP contribution >= 0.6 is 0 Å². The maximum atomic E-state index is 12.5. The van der Waals surface area contributed by atoms with Gasteiger partial charge in [-0.1, -0.05) is 6.08 Å². The van der Waals surface area contributed by atoms with E-state index in [2.05, 4.69) is 0 Å². The van der Waals surface area contributed by atoms with Gasteiger partial charge >= 0.3 is 12.1 Å². The first-order chi connectivity index (χ1) is 11.9. The van der Waals surface area contributed by atoms with Crippen molar-refractivity contribution in [1.82, 2.24) is 0 Å². The molecule has 0 amide bonds. The smallest absolute Gasteiger partial charge is 0.416 e. The predicted molar refractivity (Wildman–Crippen MR) is 86.5 cm³/mol. The van der Waals surface area contributed by atoms with Crippen LogP contribution in [0.2, 0.25) is 0 Å². The van der Waals surface area contributed by atoms with E-state index < -0.39 is 11.7 Å². The number of nitriles is 1. The second-order valence-corrected chi connectivity index (χ2v) is 6.27. The van der Waals surface area contributed by atoms with Crippen LogP contribution in [-0.2, 0) is 11.0 Å². The van der Waals surface area contributed by atoms with E-state index in [9.17, 15) is 18.0 Å². The van der Waals surface area contributed by atoms with Gasteiger partial charge in [0.2, 0.25) is 0 Å². The Morgan fingerprint density at radius 2 is 1.84 bits per heavy atom. The van der Waals surface area contributed by atoms with Gasteiger partial charge in [-0.15, -0.1) is 0 Å². The molecule has 6 heteroatoms. The summed E-state index contributed by atoms with van der Waals surface area (Å²) >= 11 is 0. The summed E-state index contributed by atoms with van der Waals surface area (Å²) in [5.74, 6) is 0.107. The lowest BCUT2D eigenvalue weighted by Gasteiger charge is -2.26. The Morgan fingerprint density at radius 1 is 1.20 bits per heavy atom. The standard InChI is InChI=1S/C19H20F3NO2/c20-19(21,22)16-9-11-17(12-10-16)25-18(24)15-7-5-14(6-8-15)4-2-1-3-13-23/h1,3,9-12,14-15H,2,4-8H2/t14-,15-. The van der Waals surface area contributed by atoms with Crippen LogP contribution in [0.4, 0.5) is 13.2 Å². The topological polar surface area (TPSA) is 50.1 Å². The normalized spacial score (nSPS) is 21.0. The van der Waals surface area contributed by atoms with Crippen molar-refractivity contribution in [2.75, 3.05) is 0 Å². The number of carbonyl (C=O) groups is 1.